The van der Waals surface area contributed by atoms with Crippen LogP contribution in [0.5, 0.6) is 5.75 Å². The van der Waals surface area contributed by atoms with Gasteiger partial charge < -0.3 is 10.4 Å². The Balaban J connectivity index is 2.07. The SMILES string of the molecule is C=C(C)C(=O)NCCc1ccc(O)c(N=Nc2ccccc2C)c1. The van der Waals surface area contributed by atoms with E-state index < -0.39 is 0 Å². The normalized spacial score (nSPS) is 10.8. The highest BCUT2D eigenvalue weighted by atomic mass is 16.3. The summed E-state index contributed by atoms with van der Waals surface area (Å²) in [6.07, 6.45) is 0.631. The smallest absolute Gasteiger partial charge is 0.246 e. The monoisotopic (exact) mass is 323 g/mol. The molecule has 24 heavy (non-hydrogen) atoms. The highest BCUT2D eigenvalue weighted by Crippen LogP contribution is 2.30. The average Bonchev–Trinajstić information content (AvgIpc) is 2.56. The highest BCUT2D eigenvalue weighted by Gasteiger charge is 2.05. The Kier molecular flexibility index (Phi) is 5.84. The van der Waals surface area contributed by atoms with Crippen LogP contribution in [0.4, 0.5) is 11.4 Å². The summed E-state index contributed by atoms with van der Waals surface area (Å²) in [7, 11) is 0. The molecule has 0 fully saturated rings. The number of phenols is 1. The number of phenolic OH excluding ortho intramolecular Hbond substituents is 1. The van der Waals surface area contributed by atoms with Crippen LogP contribution >= 0.6 is 0 Å². The summed E-state index contributed by atoms with van der Waals surface area (Å²) in [5.74, 6) is -0.0877. The van der Waals surface area contributed by atoms with E-state index in [1.807, 2.05) is 31.2 Å². The van der Waals surface area contributed by atoms with Crippen LogP contribution in [0.3, 0.4) is 0 Å². The maximum Gasteiger partial charge on any atom is 0.246 e. The zero-order valence-corrected chi connectivity index (χ0v) is 13.9. The Labute approximate surface area is 141 Å². The van der Waals surface area contributed by atoms with Crippen LogP contribution in [0.15, 0.2) is 64.8 Å². The summed E-state index contributed by atoms with van der Waals surface area (Å²) in [6.45, 7) is 7.70. The van der Waals surface area contributed by atoms with Crippen molar-refractivity contribution in [1.82, 2.24) is 5.32 Å². The molecule has 2 aromatic rings. The molecule has 0 heterocycles. The number of carbonyl (C=O) groups excluding carboxylic acids is 1. The third-order valence-electron chi connectivity index (χ3n) is 3.51. The molecule has 0 radical (unpaired) electrons. The molecule has 0 aliphatic rings. The van der Waals surface area contributed by atoms with Crippen molar-refractivity contribution in [1.29, 1.82) is 0 Å². The third kappa shape index (κ3) is 4.78. The molecule has 0 aliphatic heterocycles. The van der Waals surface area contributed by atoms with E-state index in [1.54, 1.807) is 25.1 Å². The Morgan fingerprint density at radius 1 is 1.17 bits per heavy atom. The maximum absolute atomic E-state index is 11.5. The van der Waals surface area contributed by atoms with Crippen molar-refractivity contribution >= 4 is 17.3 Å². The standard InChI is InChI=1S/C19H21N3O2/c1-13(2)19(24)20-11-10-15-8-9-18(23)17(12-15)22-21-16-7-5-4-6-14(16)3/h4-9,12,23H,1,10-11H2,2-3H3,(H,20,24). The van der Waals surface area contributed by atoms with Gasteiger partial charge in [-0.25, -0.2) is 0 Å². The summed E-state index contributed by atoms with van der Waals surface area (Å²) in [5.41, 5.74) is 3.61. The Hall–Kier alpha value is -2.95. The molecule has 1 amide bonds. The molecule has 0 atom stereocenters. The first-order valence-electron chi connectivity index (χ1n) is 7.70. The fourth-order valence-electron chi connectivity index (χ4n) is 2.06. The van der Waals surface area contributed by atoms with Gasteiger partial charge in [0.15, 0.2) is 0 Å². The van der Waals surface area contributed by atoms with Crippen LogP contribution in [0.2, 0.25) is 0 Å². The highest BCUT2D eigenvalue weighted by molar-refractivity contribution is 5.92. The molecule has 124 valence electrons. The van der Waals surface area contributed by atoms with Crippen LogP contribution in [-0.2, 0) is 11.2 Å². The number of benzene rings is 2. The molecule has 5 nitrogen and oxygen atoms in total. The summed E-state index contributed by atoms with van der Waals surface area (Å²) in [5, 5.41) is 21.0. The van der Waals surface area contributed by atoms with Crippen molar-refractivity contribution in [3.63, 3.8) is 0 Å². The van der Waals surface area contributed by atoms with Crippen molar-refractivity contribution in [3.8, 4) is 5.75 Å². The number of hydrogen-bond acceptors (Lipinski definition) is 4. The fourth-order valence-corrected chi connectivity index (χ4v) is 2.06. The van der Waals surface area contributed by atoms with Gasteiger partial charge in [-0.15, -0.1) is 5.11 Å². The van der Waals surface area contributed by atoms with Crippen molar-refractivity contribution < 1.29 is 9.90 Å². The molecule has 0 aromatic heterocycles. The first-order valence-corrected chi connectivity index (χ1v) is 7.70. The van der Waals surface area contributed by atoms with Crippen LogP contribution in [0.1, 0.15) is 18.1 Å². The molecule has 0 saturated carbocycles. The van der Waals surface area contributed by atoms with Crippen LogP contribution in [0.25, 0.3) is 0 Å². The van der Waals surface area contributed by atoms with E-state index in [-0.39, 0.29) is 11.7 Å². The number of carbonyl (C=O) groups is 1. The van der Waals surface area contributed by atoms with E-state index in [0.717, 1.165) is 16.8 Å². The van der Waals surface area contributed by atoms with Gasteiger partial charge in [-0.1, -0.05) is 30.8 Å². The summed E-state index contributed by atoms with van der Waals surface area (Å²) in [4.78, 5) is 11.5. The molecule has 0 unspecified atom stereocenters. The lowest BCUT2D eigenvalue weighted by atomic mass is 10.1. The van der Waals surface area contributed by atoms with Crippen molar-refractivity contribution in [2.75, 3.05) is 6.54 Å². The van der Waals surface area contributed by atoms with E-state index >= 15 is 0 Å². The van der Waals surface area contributed by atoms with Crippen LogP contribution in [0, 0.1) is 6.92 Å². The zero-order valence-electron chi connectivity index (χ0n) is 13.9. The second kappa shape index (κ2) is 8.06. The molecule has 5 heteroatoms. The van der Waals surface area contributed by atoms with Gasteiger partial charge in [0.25, 0.3) is 0 Å². The van der Waals surface area contributed by atoms with Crippen LogP contribution in [-0.4, -0.2) is 17.6 Å². The fraction of sp³-hybridized carbons (Fsp3) is 0.211. The lowest BCUT2D eigenvalue weighted by Gasteiger charge is -2.06. The topological polar surface area (TPSA) is 74.0 Å². The number of nitrogens with zero attached hydrogens (tertiary/aromatic N) is 2. The van der Waals surface area contributed by atoms with E-state index in [1.165, 1.54) is 0 Å². The molecule has 0 aliphatic carbocycles. The largest absolute Gasteiger partial charge is 0.506 e. The van der Waals surface area contributed by atoms with E-state index in [9.17, 15) is 9.90 Å². The summed E-state index contributed by atoms with van der Waals surface area (Å²) >= 11 is 0. The molecule has 2 rings (SSSR count). The molecular weight excluding hydrogens is 302 g/mol. The summed E-state index contributed by atoms with van der Waals surface area (Å²) in [6, 6.07) is 12.8. The second-order valence-corrected chi connectivity index (χ2v) is 5.60. The number of nitrogens with one attached hydrogen (secondary N) is 1. The number of amides is 1. The van der Waals surface area contributed by atoms with Gasteiger partial charge in [0.1, 0.15) is 11.4 Å². The summed E-state index contributed by atoms with van der Waals surface area (Å²) < 4.78 is 0. The van der Waals surface area contributed by atoms with Gasteiger partial charge in [0.05, 0.1) is 5.69 Å². The lowest BCUT2D eigenvalue weighted by molar-refractivity contribution is -0.117. The van der Waals surface area contributed by atoms with Crippen molar-refractivity contribution in [2.24, 2.45) is 10.2 Å². The van der Waals surface area contributed by atoms with Gasteiger partial charge in [-0.2, -0.15) is 5.11 Å². The Morgan fingerprint density at radius 3 is 2.58 bits per heavy atom. The molecule has 0 spiro atoms. The Bertz CT molecular complexity index is 782. The lowest BCUT2D eigenvalue weighted by Crippen LogP contribution is -2.25. The third-order valence-corrected chi connectivity index (χ3v) is 3.51. The second-order valence-electron chi connectivity index (χ2n) is 5.60. The number of rotatable bonds is 6. The number of aromatic hydroxyl groups is 1. The molecule has 2 N–H and O–H groups in total. The number of aryl methyl sites for hydroxylation is 1. The van der Waals surface area contributed by atoms with E-state index in [0.29, 0.717) is 24.2 Å². The molecule has 0 bridgehead atoms. The number of hydrogen-bond donors (Lipinski definition) is 2. The molecular formula is C19H21N3O2. The van der Waals surface area contributed by atoms with E-state index in [4.69, 9.17) is 0 Å². The first-order chi connectivity index (χ1) is 11.5. The van der Waals surface area contributed by atoms with Crippen LogP contribution < -0.4 is 5.32 Å². The van der Waals surface area contributed by atoms with Gasteiger partial charge in [0.2, 0.25) is 5.91 Å². The number of azo groups is 1. The predicted molar refractivity (Wildman–Crippen MR) is 95.0 cm³/mol. The zero-order chi connectivity index (χ0) is 17.5. The predicted octanol–water partition coefficient (Wildman–Crippen LogP) is 4.35. The van der Waals surface area contributed by atoms with Gasteiger partial charge in [-0.05, 0) is 49.6 Å². The quantitative estimate of drug-likeness (QED) is 0.612. The van der Waals surface area contributed by atoms with Gasteiger partial charge in [-0.3, -0.25) is 4.79 Å². The average molecular weight is 323 g/mol. The van der Waals surface area contributed by atoms with E-state index in [2.05, 4.69) is 22.1 Å². The van der Waals surface area contributed by atoms with Crippen molar-refractivity contribution in [3.05, 3.63) is 65.7 Å². The van der Waals surface area contributed by atoms with Gasteiger partial charge >= 0.3 is 0 Å². The first kappa shape index (κ1) is 17.4. The minimum atomic E-state index is -0.159. The minimum Gasteiger partial charge on any atom is -0.506 e. The van der Waals surface area contributed by atoms with Crippen molar-refractivity contribution in [2.45, 2.75) is 20.3 Å². The maximum atomic E-state index is 11.5. The molecule has 0 saturated heterocycles. The molecule has 2 aromatic carbocycles. The van der Waals surface area contributed by atoms with Gasteiger partial charge in [0, 0.05) is 12.1 Å². The Morgan fingerprint density at radius 2 is 1.88 bits per heavy atom. The minimum absolute atomic E-state index is 0.0713.